The van der Waals surface area contributed by atoms with Crippen LogP contribution >= 0.6 is 11.8 Å². The Morgan fingerprint density at radius 3 is 2.14 bits per heavy atom. The molecule has 7 heteroatoms. The summed E-state index contributed by atoms with van der Waals surface area (Å²) in [6, 6.07) is 18.8. The second-order valence-corrected chi connectivity index (χ2v) is 8.89. The van der Waals surface area contributed by atoms with Gasteiger partial charge in [0.15, 0.2) is 5.78 Å². The molecule has 0 amide bonds. The molecule has 0 fully saturated rings. The van der Waals surface area contributed by atoms with Crippen molar-refractivity contribution in [1.82, 2.24) is 0 Å². The first kappa shape index (κ1) is 20.1. The van der Waals surface area contributed by atoms with Gasteiger partial charge in [0.2, 0.25) is 0 Å². The summed E-state index contributed by atoms with van der Waals surface area (Å²) in [4.78, 5) is 13.2. The first-order valence-corrected chi connectivity index (χ1v) is 10.9. The van der Waals surface area contributed by atoms with Crippen molar-refractivity contribution in [3.8, 4) is 0 Å². The van der Waals surface area contributed by atoms with Crippen molar-refractivity contribution in [2.24, 2.45) is 0 Å². The zero-order chi connectivity index (χ0) is 20.1. The van der Waals surface area contributed by atoms with Crippen molar-refractivity contribution in [2.75, 3.05) is 10.5 Å². The third-order valence-electron chi connectivity index (χ3n) is 3.97. The van der Waals surface area contributed by atoms with Gasteiger partial charge in [0, 0.05) is 16.1 Å². The summed E-state index contributed by atoms with van der Waals surface area (Å²) in [6.45, 7) is 1.89. The number of carbonyl (C=O) groups excluding carboxylic acids is 1. The fourth-order valence-corrected chi connectivity index (χ4v) is 4.27. The number of nitrogens with one attached hydrogen (secondary N) is 1. The minimum Gasteiger partial charge on any atom is -0.293 e. The number of anilines is 1. The Bertz CT molecular complexity index is 1060. The Labute approximate surface area is 167 Å². The van der Waals surface area contributed by atoms with Crippen molar-refractivity contribution < 1.29 is 17.6 Å². The molecule has 4 nitrogen and oxygen atoms in total. The number of hydrogen-bond acceptors (Lipinski definition) is 4. The van der Waals surface area contributed by atoms with Crippen LogP contribution in [0.2, 0.25) is 0 Å². The van der Waals surface area contributed by atoms with Crippen molar-refractivity contribution in [3.63, 3.8) is 0 Å². The minimum absolute atomic E-state index is 0.103. The summed E-state index contributed by atoms with van der Waals surface area (Å²) < 4.78 is 40.3. The molecule has 0 heterocycles. The highest BCUT2D eigenvalue weighted by Gasteiger charge is 2.14. The van der Waals surface area contributed by atoms with Crippen LogP contribution in [0.25, 0.3) is 0 Å². The van der Waals surface area contributed by atoms with Crippen molar-refractivity contribution in [1.29, 1.82) is 0 Å². The van der Waals surface area contributed by atoms with Gasteiger partial charge in [-0.05, 0) is 67.6 Å². The average molecular weight is 416 g/mol. The minimum atomic E-state index is -3.65. The lowest BCUT2D eigenvalue weighted by Crippen LogP contribution is -2.12. The summed E-state index contributed by atoms with van der Waals surface area (Å²) in [6.07, 6.45) is 0. The van der Waals surface area contributed by atoms with Gasteiger partial charge in [0.25, 0.3) is 10.0 Å². The molecule has 0 saturated carbocycles. The Balaban J connectivity index is 1.61. The maximum atomic E-state index is 12.9. The third kappa shape index (κ3) is 5.21. The number of thioether (sulfide) groups is 1. The summed E-state index contributed by atoms with van der Waals surface area (Å²) in [5, 5.41) is 0. The van der Waals surface area contributed by atoms with E-state index in [1.54, 1.807) is 48.5 Å². The molecule has 0 spiro atoms. The van der Waals surface area contributed by atoms with E-state index in [9.17, 15) is 17.6 Å². The van der Waals surface area contributed by atoms with Crippen LogP contribution in [-0.2, 0) is 10.0 Å². The standard InChI is InChI=1S/C21H18FNO3S2/c1-15-2-12-20(13-3-15)28(25,26)23-18-8-10-19(11-9-18)27-14-21(24)16-4-6-17(22)7-5-16/h2-13,23H,14H2,1H3. The molecule has 3 aromatic rings. The molecular weight excluding hydrogens is 397 g/mol. The van der Waals surface area contributed by atoms with Crippen LogP contribution in [0.4, 0.5) is 10.1 Å². The molecule has 0 aliphatic heterocycles. The zero-order valence-electron chi connectivity index (χ0n) is 15.1. The van der Waals surface area contributed by atoms with Crippen LogP contribution in [0.15, 0.2) is 82.6 Å². The fourth-order valence-electron chi connectivity index (χ4n) is 2.42. The number of halogens is 1. The van der Waals surface area contributed by atoms with E-state index in [1.807, 2.05) is 6.92 Å². The van der Waals surface area contributed by atoms with E-state index in [1.165, 1.54) is 36.0 Å². The molecule has 0 aliphatic rings. The largest absolute Gasteiger partial charge is 0.293 e. The van der Waals surface area contributed by atoms with E-state index >= 15 is 0 Å². The molecule has 144 valence electrons. The van der Waals surface area contributed by atoms with Gasteiger partial charge in [-0.2, -0.15) is 0 Å². The topological polar surface area (TPSA) is 63.2 Å². The van der Waals surface area contributed by atoms with Gasteiger partial charge in [0.1, 0.15) is 5.82 Å². The van der Waals surface area contributed by atoms with Gasteiger partial charge in [-0.25, -0.2) is 12.8 Å². The monoisotopic (exact) mass is 415 g/mol. The smallest absolute Gasteiger partial charge is 0.261 e. The number of aryl methyl sites for hydroxylation is 1. The SMILES string of the molecule is Cc1ccc(S(=O)(=O)Nc2ccc(SCC(=O)c3ccc(F)cc3)cc2)cc1. The predicted octanol–water partition coefficient (Wildman–Crippen LogP) is 4.91. The second-order valence-electron chi connectivity index (χ2n) is 6.16. The number of rotatable bonds is 7. The Hall–Kier alpha value is -2.64. The van der Waals surface area contributed by atoms with Gasteiger partial charge >= 0.3 is 0 Å². The van der Waals surface area contributed by atoms with Gasteiger partial charge < -0.3 is 0 Å². The lowest BCUT2D eigenvalue weighted by molar-refractivity contribution is 0.102. The molecule has 0 radical (unpaired) electrons. The highest BCUT2D eigenvalue weighted by Crippen LogP contribution is 2.23. The fraction of sp³-hybridized carbons (Fsp3) is 0.0952. The Kier molecular flexibility index (Phi) is 6.16. The van der Waals surface area contributed by atoms with Crippen molar-refractivity contribution >= 4 is 33.3 Å². The molecular formula is C21H18FNO3S2. The number of hydrogen-bond donors (Lipinski definition) is 1. The summed E-state index contributed by atoms with van der Waals surface area (Å²) in [5.41, 5.74) is 1.88. The maximum Gasteiger partial charge on any atom is 0.261 e. The lowest BCUT2D eigenvalue weighted by Gasteiger charge is -2.09. The normalized spacial score (nSPS) is 11.2. The molecule has 28 heavy (non-hydrogen) atoms. The third-order valence-corrected chi connectivity index (χ3v) is 6.38. The highest BCUT2D eigenvalue weighted by molar-refractivity contribution is 8.00. The van der Waals surface area contributed by atoms with Gasteiger partial charge in [0.05, 0.1) is 10.6 Å². The first-order chi connectivity index (χ1) is 13.3. The van der Waals surface area contributed by atoms with Crippen LogP contribution in [0.1, 0.15) is 15.9 Å². The zero-order valence-corrected chi connectivity index (χ0v) is 16.7. The van der Waals surface area contributed by atoms with Crippen LogP contribution in [0, 0.1) is 12.7 Å². The maximum absolute atomic E-state index is 12.9. The molecule has 3 rings (SSSR count). The van der Waals surface area contributed by atoms with E-state index in [2.05, 4.69) is 4.72 Å². The molecule has 0 aromatic heterocycles. The molecule has 0 atom stereocenters. The highest BCUT2D eigenvalue weighted by atomic mass is 32.2. The van der Waals surface area contributed by atoms with E-state index < -0.39 is 10.0 Å². The van der Waals surface area contributed by atoms with Crippen LogP contribution in [-0.4, -0.2) is 20.0 Å². The first-order valence-electron chi connectivity index (χ1n) is 8.45. The molecule has 1 N–H and O–H groups in total. The molecule has 0 unspecified atom stereocenters. The van der Waals surface area contributed by atoms with Gasteiger partial charge in [-0.1, -0.05) is 17.7 Å². The number of ketones is 1. The average Bonchev–Trinajstić information content (AvgIpc) is 2.68. The van der Waals surface area contributed by atoms with Crippen molar-refractivity contribution in [2.45, 2.75) is 16.7 Å². The number of sulfonamides is 1. The summed E-state index contributed by atoms with van der Waals surface area (Å²) in [5.74, 6) is -0.276. The Morgan fingerprint density at radius 2 is 1.54 bits per heavy atom. The van der Waals surface area contributed by atoms with Crippen molar-refractivity contribution in [3.05, 3.63) is 89.7 Å². The number of carbonyl (C=O) groups is 1. The summed E-state index contributed by atoms with van der Waals surface area (Å²) >= 11 is 1.33. The van der Waals surface area contributed by atoms with Gasteiger partial charge in [-0.3, -0.25) is 9.52 Å². The summed E-state index contributed by atoms with van der Waals surface area (Å²) in [7, 11) is -3.65. The van der Waals surface area contributed by atoms with E-state index in [0.29, 0.717) is 11.3 Å². The van der Waals surface area contributed by atoms with E-state index in [0.717, 1.165) is 10.5 Å². The second kappa shape index (κ2) is 8.58. The molecule has 0 aliphatic carbocycles. The van der Waals surface area contributed by atoms with Gasteiger partial charge in [-0.15, -0.1) is 11.8 Å². The van der Waals surface area contributed by atoms with Crippen LogP contribution < -0.4 is 4.72 Å². The molecule has 0 saturated heterocycles. The Morgan fingerprint density at radius 1 is 0.929 bits per heavy atom. The predicted molar refractivity (Wildman–Crippen MR) is 110 cm³/mol. The van der Waals surface area contributed by atoms with E-state index in [4.69, 9.17) is 0 Å². The molecule has 3 aromatic carbocycles. The molecule has 0 bridgehead atoms. The van der Waals surface area contributed by atoms with Crippen LogP contribution in [0.5, 0.6) is 0 Å². The lowest BCUT2D eigenvalue weighted by atomic mass is 10.1. The quantitative estimate of drug-likeness (QED) is 0.440. The van der Waals surface area contributed by atoms with E-state index in [-0.39, 0.29) is 22.2 Å². The number of Topliss-reactive ketones (excluding diaryl/α,β-unsaturated/α-hetero) is 1. The van der Waals surface area contributed by atoms with Crippen LogP contribution in [0.3, 0.4) is 0 Å². The number of benzene rings is 3.